The van der Waals surface area contributed by atoms with E-state index in [1.54, 1.807) is 22.7 Å². The molecule has 0 amide bonds. The van der Waals surface area contributed by atoms with Gasteiger partial charge in [-0.15, -0.1) is 22.7 Å². The Morgan fingerprint density at radius 1 is 1.43 bits per heavy atom. The molecule has 3 rings (SSSR count). The van der Waals surface area contributed by atoms with Crippen molar-refractivity contribution in [1.29, 1.82) is 0 Å². The third-order valence-corrected chi connectivity index (χ3v) is 5.79. The average molecular weight is 338 g/mol. The Morgan fingerprint density at radius 3 is 3.00 bits per heavy atom. The van der Waals surface area contributed by atoms with E-state index in [4.69, 9.17) is 17.3 Å². The molecule has 0 spiro atoms. The monoisotopic (exact) mass is 337 g/mol. The normalized spacial score (nSPS) is 11.2. The quantitative estimate of drug-likeness (QED) is 0.677. The Bertz CT molecular complexity index is 750. The molecule has 0 aliphatic rings. The Balaban J connectivity index is 1.98. The molecule has 3 aromatic heterocycles. The lowest BCUT2D eigenvalue weighted by Gasteiger charge is -2.06. The second-order valence-electron chi connectivity index (χ2n) is 4.79. The van der Waals surface area contributed by atoms with Gasteiger partial charge in [0.15, 0.2) is 0 Å². The number of fused-ring (bicyclic) bond motifs is 1. The summed E-state index contributed by atoms with van der Waals surface area (Å²) >= 11 is 9.68. The Labute approximate surface area is 136 Å². The number of hydrogen-bond donors (Lipinski definition) is 2. The molecule has 0 bridgehead atoms. The number of aryl methyl sites for hydroxylation is 1. The van der Waals surface area contributed by atoms with Crippen molar-refractivity contribution in [2.75, 3.05) is 11.9 Å². The van der Waals surface area contributed by atoms with Crippen LogP contribution < -0.4 is 11.1 Å². The Hall–Kier alpha value is -1.14. The Morgan fingerprint density at radius 2 is 2.29 bits per heavy atom. The number of nitrogens with two attached hydrogens (primary N) is 1. The van der Waals surface area contributed by atoms with Crippen LogP contribution in [0, 0.1) is 6.92 Å². The highest BCUT2D eigenvalue weighted by molar-refractivity contribution is 7.19. The first-order valence-electron chi connectivity index (χ1n) is 6.74. The summed E-state index contributed by atoms with van der Waals surface area (Å²) in [5.41, 5.74) is 8.93. The smallest absolute Gasteiger partial charge is 0.131 e. The minimum atomic E-state index is 0.524. The number of aromatic nitrogens is 1. The lowest BCUT2D eigenvalue weighted by molar-refractivity contribution is 0.981. The van der Waals surface area contributed by atoms with E-state index in [0.717, 1.165) is 28.9 Å². The van der Waals surface area contributed by atoms with Gasteiger partial charge in [-0.25, -0.2) is 4.98 Å². The van der Waals surface area contributed by atoms with Crippen LogP contribution in [0.25, 0.3) is 10.2 Å². The molecular weight excluding hydrogens is 322 g/mol. The number of hydrogen-bond acceptors (Lipinski definition) is 5. The molecule has 0 aliphatic carbocycles. The van der Waals surface area contributed by atoms with Crippen molar-refractivity contribution in [2.45, 2.75) is 19.9 Å². The van der Waals surface area contributed by atoms with Crippen molar-refractivity contribution >= 4 is 50.2 Å². The summed E-state index contributed by atoms with van der Waals surface area (Å²) in [6.45, 7) is 3.55. The zero-order valence-corrected chi connectivity index (χ0v) is 14.0. The van der Waals surface area contributed by atoms with Gasteiger partial charge in [0.05, 0.1) is 15.9 Å². The van der Waals surface area contributed by atoms with Gasteiger partial charge in [0.25, 0.3) is 0 Å². The fourth-order valence-corrected chi connectivity index (χ4v) is 4.38. The molecular formula is C15H16ClN3S2. The van der Waals surface area contributed by atoms with Gasteiger partial charge in [-0.05, 0) is 36.9 Å². The third kappa shape index (κ3) is 3.06. The van der Waals surface area contributed by atoms with Crippen molar-refractivity contribution in [3.63, 3.8) is 0 Å². The second kappa shape index (κ2) is 6.32. The predicted molar refractivity (Wildman–Crippen MR) is 93.8 cm³/mol. The van der Waals surface area contributed by atoms with E-state index in [2.05, 4.69) is 34.7 Å². The van der Waals surface area contributed by atoms with Gasteiger partial charge in [0.2, 0.25) is 0 Å². The highest BCUT2D eigenvalue weighted by Crippen LogP contribution is 2.36. The van der Waals surface area contributed by atoms with Gasteiger partial charge < -0.3 is 11.1 Å². The van der Waals surface area contributed by atoms with Gasteiger partial charge in [-0.2, -0.15) is 0 Å². The van der Waals surface area contributed by atoms with E-state index in [-0.39, 0.29) is 0 Å². The predicted octanol–water partition coefficient (Wildman–Crippen LogP) is 4.43. The molecule has 110 valence electrons. The molecule has 0 unspecified atom stereocenters. The SMILES string of the molecule is Cc1c(CCN)sc2c(NCc3cccs3)cc(Cl)nc12. The van der Waals surface area contributed by atoms with Crippen molar-refractivity contribution in [2.24, 2.45) is 5.73 Å². The number of nitrogens with zero attached hydrogens (tertiary/aromatic N) is 1. The van der Waals surface area contributed by atoms with Gasteiger partial charge in [0, 0.05) is 22.4 Å². The number of halogens is 1. The number of anilines is 1. The number of thiophene rings is 2. The number of pyridine rings is 1. The molecule has 3 heterocycles. The first-order chi connectivity index (χ1) is 10.2. The molecule has 0 aliphatic heterocycles. The van der Waals surface area contributed by atoms with Gasteiger partial charge >= 0.3 is 0 Å². The highest BCUT2D eigenvalue weighted by Gasteiger charge is 2.14. The third-order valence-electron chi connectivity index (χ3n) is 3.35. The van der Waals surface area contributed by atoms with Crippen LogP contribution in [0.2, 0.25) is 5.15 Å². The summed E-state index contributed by atoms with van der Waals surface area (Å²) in [6, 6.07) is 6.09. The van der Waals surface area contributed by atoms with Gasteiger partial charge in [-0.3, -0.25) is 0 Å². The largest absolute Gasteiger partial charge is 0.379 e. The molecule has 21 heavy (non-hydrogen) atoms. The fraction of sp³-hybridized carbons (Fsp3) is 0.267. The molecule has 0 atom stereocenters. The molecule has 6 heteroatoms. The van der Waals surface area contributed by atoms with Crippen LogP contribution in [0.3, 0.4) is 0 Å². The van der Waals surface area contributed by atoms with Crippen LogP contribution in [0.5, 0.6) is 0 Å². The summed E-state index contributed by atoms with van der Waals surface area (Å²) in [5, 5.41) is 6.09. The van der Waals surface area contributed by atoms with E-state index in [0.29, 0.717) is 11.7 Å². The lowest BCUT2D eigenvalue weighted by atomic mass is 10.2. The summed E-state index contributed by atoms with van der Waals surface area (Å²) in [7, 11) is 0. The van der Waals surface area contributed by atoms with Crippen molar-refractivity contribution < 1.29 is 0 Å². The average Bonchev–Trinajstić information content (AvgIpc) is 3.07. The summed E-state index contributed by atoms with van der Waals surface area (Å²) in [5.74, 6) is 0. The van der Waals surface area contributed by atoms with Crippen LogP contribution in [-0.4, -0.2) is 11.5 Å². The first kappa shape index (κ1) is 14.8. The molecule has 0 radical (unpaired) electrons. The fourth-order valence-electron chi connectivity index (χ4n) is 2.29. The molecule has 3 nitrogen and oxygen atoms in total. The van der Waals surface area contributed by atoms with E-state index in [1.165, 1.54) is 15.3 Å². The molecule has 3 N–H and O–H groups in total. The molecule has 0 saturated carbocycles. The summed E-state index contributed by atoms with van der Waals surface area (Å²) < 4.78 is 1.16. The second-order valence-corrected chi connectivity index (χ2v) is 7.32. The van der Waals surface area contributed by atoms with E-state index >= 15 is 0 Å². The van der Waals surface area contributed by atoms with Crippen molar-refractivity contribution in [1.82, 2.24) is 4.98 Å². The number of rotatable bonds is 5. The molecule has 0 saturated heterocycles. The maximum absolute atomic E-state index is 6.17. The zero-order chi connectivity index (χ0) is 14.8. The minimum absolute atomic E-state index is 0.524. The van der Waals surface area contributed by atoms with Crippen LogP contribution in [0.15, 0.2) is 23.6 Å². The van der Waals surface area contributed by atoms with Crippen LogP contribution >= 0.6 is 34.3 Å². The van der Waals surface area contributed by atoms with Crippen molar-refractivity contribution in [3.8, 4) is 0 Å². The summed E-state index contributed by atoms with van der Waals surface area (Å²) in [4.78, 5) is 7.07. The molecule has 0 aromatic carbocycles. The highest BCUT2D eigenvalue weighted by atomic mass is 35.5. The van der Waals surface area contributed by atoms with E-state index in [9.17, 15) is 0 Å². The maximum Gasteiger partial charge on any atom is 0.131 e. The molecule has 0 fully saturated rings. The molecule has 3 aromatic rings. The van der Waals surface area contributed by atoms with E-state index < -0.39 is 0 Å². The first-order valence-corrected chi connectivity index (χ1v) is 8.81. The topological polar surface area (TPSA) is 50.9 Å². The standard InChI is InChI=1S/C15H16ClN3S2/c1-9-12(4-5-17)21-15-11(7-13(16)19-14(9)15)18-8-10-3-2-6-20-10/h2-3,6-7H,4-5,8,17H2,1H3,(H,18,19). The van der Waals surface area contributed by atoms with E-state index in [1.807, 2.05) is 6.07 Å². The zero-order valence-electron chi connectivity index (χ0n) is 11.6. The van der Waals surface area contributed by atoms with Gasteiger partial charge in [-0.1, -0.05) is 17.7 Å². The lowest BCUT2D eigenvalue weighted by Crippen LogP contribution is -2.01. The Kier molecular flexibility index (Phi) is 4.45. The van der Waals surface area contributed by atoms with Gasteiger partial charge in [0.1, 0.15) is 5.15 Å². The summed E-state index contributed by atoms with van der Waals surface area (Å²) in [6.07, 6.45) is 0.884. The maximum atomic E-state index is 6.17. The number of nitrogens with one attached hydrogen (secondary N) is 1. The van der Waals surface area contributed by atoms with Crippen LogP contribution in [0.1, 0.15) is 15.3 Å². The van der Waals surface area contributed by atoms with Crippen molar-refractivity contribution in [3.05, 3.63) is 44.1 Å². The van der Waals surface area contributed by atoms with Crippen LogP contribution in [0.4, 0.5) is 5.69 Å². The minimum Gasteiger partial charge on any atom is -0.379 e. The van der Waals surface area contributed by atoms with Crippen LogP contribution in [-0.2, 0) is 13.0 Å².